The average Bonchev–Trinajstić information content (AvgIpc) is 3.50. The van der Waals surface area contributed by atoms with E-state index in [9.17, 15) is 14.4 Å². The first-order valence-corrected chi connectivity index (χ1v) is 13.4. The van der Waals surface area contributed by atoms with Crippen molar-refractivity contribution in [2.75, 3.05) is 33.0 Å². The summed E-state index contributed by atoms with van der Waals surface area (Å²) in [6.45, 7) is 3.61. The largest absolute Gasteiger partial charge is 0.454 e. The second-order valence-corrected chi connectivity index (χ2v) is 10.5. The Morgan fingerprint density at radius 2 is 1.51 bits per heavy atom. The summed E-state index contributed by atoms with van der Waals surface area (Å²) in [5, 5.41) is 0. The van der Waals surface area contributed by atoms with Crippen LogP contribution in [0, 0.1) is 11.8 Å². The number of fused-ring (bicyclic) bond motifs is 2. The molecule has 2 aromatic rings. The van der Waals surface area contributed by atoms with Gasteiger partial charge in [0.05, 0.1) is 11.8 Å². The van der Waals surface area contributed by atoms with E-state index < -0.39 is 6.04 Å². The highest BCUT2D eigenvalue weighted by molar-refractivity contribution is 6.08. The maximum absolute atomic E-state index is 13.9. The van der Waals surface area contributed by atoms with E-state index in [1.165, 1.54) is 4.90 Å². The molecule has 3 fully saturated rings. The maximum Gasteiger partial charge on any atom is 0.246 e. The van der Waals surface area contributed by atoms with E-state index in [0.29, 0.717) is 19.5 Å². The molecule has 1 saturated carbocycles. The number of hydrogen-bond donors (Lipinski definition) is 0. The number of likely N-dealkylation sites (tertiary alicyclic amines) is 1. The Morgan fingerprint density at radius 1 is 0.838 bits per heavy atom. The molecule has 3 amide bonds. The molecule has 3 aliphatic heterocycles. The molecule has 2 saturated heterocycles. The minimum Gasteiger partial charge on any atom is -0.454 e. The first kappa shape index (κ1) is 24.0. The highest BCUT2D eigenvalue weighted by atomic mass is 16.7. The van der Waals surface area contributed by atoms with Gasteiger partial charge in [-0.05, 0) is 36.1 Å². The molecule has 0 aromatic heterocycles. The summed E-state index contributed by atoms with van der Waals surface area (Å²) in [5.74, 6) is 0.615. The molecule has 3 atom stereocenters. The van der Waals surface area contributed by atoms with Crippen molar-refractivity contribution >= 4 is 17.7 Å². The standard InChI is InChI=1S/C29H33N3O5/c33-27-22-8-4-5-9-23(22)28(34)32(27)24(16-20-6-2-1-3-7-20)29(35)31-14-12-30(13-15-31)18-21-10-11-25-26(17-21)37-19-36-25/h1-3,6-7,10-11,17,22-24H,4-5,8-9,12-16,18-19H2/t22-,23+,24-/m1/s1. The van der Waals surface area contributed by atoms with Gasteiger partial charge in [-0.1, -0.05) is 49.2 Å². The predicted molar refractivity (Wildman–Crippen MR) is 136 cm³/mol. The van der Waals surface area contributed by atoms with Crippen molar-refractivity contribution in [3.63, 3.8) is 0 Å². The predicted octanol–water partition coefficient (Wildman–Crippen LogP) is 2.85. The fourth-order valence-corrected chi connectivity index (χ4v) is 6.26. The van der Waals surface area contributed by atoms with Gasteiger partial charge in [0, 0.05) is 39.1 Å². The third-order valence-corrected chi connectivity index (χ3v) is 8.27. The van der Waals surface area contributed by atoms with Crippen LogP contribution in [0.1, 0.15) is 36.8 Å². The van der Waals surface area contributed by atoms with Crippen molar-refractivity contribution in [1.82, 2.24) is 14.7 Å². The molecule has 0 radical (unpaired) electrons. The van der Waals surface area contributed by atoms with Crippen LogP contribution in [-0.4, -0.2) is 71.4 Å². The topological polar surface area (TPSA) is 79.4 Å². The molecule has 4 aliphatic rings. The molecule has 37 heavy (non-hydrogen) atoms. The second-order valence-electron chi connectivity index (χ2n) is 10.5. The normalized spacial score (nSPS) is 24.3. The number of piperazine rings is 1. The molecule has 2 aromatic carbocycles. The lowest BCUT2D eigenvalue weighted by atomic mass is 9.81. The first-order chi connectivity index (χ1) is 18.1. The van der Waals surface area contributed by atoms with Crippen LogP contribution in [0.4, 0.5) is 0 Å². The van der Waals surface area contributed by atoms with Gasteiger partial charge in [-0.3, -0.25) is 24.2 Å². The van der Waals surface area contributed by atoms with Crippen LogP contribution in [0.25, 0.3) is 0 Å². The van der Waals surface area contributed by atoms with E-state index >= 15 is 0 Å². The highest BCUT2D eigenvalue weighted by Crippen LogP contribution is 2.39. The summed E-state index contributed by atoms with van der Waals surface area (Å²) in [6.07, 6.45) is 3.79. The number of imide groups is 1. The zero-order chi connectivity index (χ0) is 25.4. The second kappa shape index (κ2) is 10.2. The average molecular weight is 504 g/mol. The lowest BCUT2D eigenvalue weighted by Gasteiger charge is -2.38. The van der Waals surface area contributed by atoms with E-state index in [2.05, 4.69) is 4.90 Å². The van der Waals surface area contributed by atoms with Crippen molar-refractivity contribution in [2.45, 2.75) is 44.7 Å². The van der Waals surface area contributed by atoms with Crippen molar-refractivity contribution in [2.24, 2.45) is 11.8 Å². The minimum atomic E-state index is -0.784. The molecule has 194 valence electrons. The van der Waals surface area contributed by atoms with Crippen LogP contribution in [0.15, 0.2) is 48.5 Å². The number of nitrogens with zero attached hydrogens (tertiary/aromatic N) is 3. The van der Waals surface area contributed by atoms with E-state index in [0.717, 1.165) is 67.9 Å². The molecule has 6 rings (SSSR count). The Kier molecular flexibility index (Phi) is 6.59. The number of benzene rings is 2. The van der Waals surface area contributed by atoms with E-state index in [4.69, 9.17) is 9.47 Å². The lowest BCUT2D eigenvalue weighted by Crippen LogP contribution is -2.56. The molecule has 0 N–H and O–H groups in total. The summed E-state index contributed by atoms with van der Waals surface area (Å²) >= 11 is 0. The van der Waals surface area contributed by atoms with E-state index in [1.54, 1.807) is 0 Å². The van der Waals surface area contributed by atoms with Gasteiger partial charge in [-0.2, -0.15) is 0 Å². The van der Waals surface area contributed by atoms with E-state index in [1.807, 2.05) is 53.4 Å². The number of rotatable bonds is 6. The van der Waals surface area contributed by atoms with Gasteiger partial charge < -0.3 is 14.4 Å². The lowest BCUT2D eigenvalue weighted by molar-refractivity contribution is -0.152. The molecule has 8 nitrogen and oxygen atoms in total. The Balaban J connectivity index is 1.15. The summed E-state index contributed by atoms with van der Waals surface area (Å²) in [6, 6.07) is 14.9. The van der Waals surface area contributed by atoms with E-state index in [-0.39, 0.29) is 36.4 Å². The van der Waals surface area contributed by atoms with Crippen molar-refractivity contribution in [3.05, 3.63) is 59.7 Å². The molecular weight excluding hydrogens is 470 g/mol. The number of hydrogen-bond acceptors (Lipinski definition) is 6. The number of ether oxygens (including phenoxy) is 2. The van der Waals surface area contributed by atoms with Gasteiger partial charge in [0.2, 0.25) is 24.5 Å². The van der Waals surface area contributed by atoms with Crippen LogP contribution in [0.2, 0.25) is 0 Å². The van der Waals surface area contributed by atoms with Gasteiger partial charge in [0.15, 0.2) is 11.5 Å². The molecular formula is C29H33N3O5. The van der Waals surface area contributed by atoms with Crippen molar-refractivity contribution in [3.8, 4) is 11.5 Å². The monoisotopic (exact) mass is 503 g/mol. The zero-order valence-corrected chi connectivity index (χ0v) is 21.0. The van der Waals surface area contributed by atoms with Gasteiger partial charge in [0.25, 0.3) is 0 Å². The Hall–Kier alpha value is -3.39. The van der Waals surface area contributed by atoms with Gasteiger partial charge in [-0.15, -0.1) is 0 Å². The third kappa shape index (κ3) is 4.70. The molecule has 0 bridgehead atoms. The zero-order valence-electron chi connectivity index (χ0n) is 21.0. The summed E-state index contributed by atoms with van der Waals surface area (Å²) < 4.78 is 10.9. The van der Waals surface area contributed by atoms with Crippen LogP contribution in [-0.2, 0) is 27.3 Å². The van der Waals surface area contributed by atoms with Crippen LogP contribution in [0.3, 0.4) is 0 Å². The van der Waals surface area contributed by atoms with Gasteiger partial charge in [-0.25, -0.2) is 0 Å². The third-order valence-electron chi connectivity index (χ3n) is 8.27. The SMILES string of the molecule is O=C([C@@H](Cc1ccccc1)N1C(=O)[C@H]2CCCC[C@H]2C1=O)N1CCN(Cc2ccc3c(c2)OCO3)CC1. The van der Waals surface area contributed by atoms with Crippen LogP contribution in [0.5, 0.6) is 11.5 Å². The molecule has 3 heterocycles. The summed E-state index contributed by atoms with van der Waals surface area (Å²) in [5.41, 5.74) is 2.10. The smallest absolute Gasteiger partial charge is 0.246 e. The first-order valence-electron chi connectivity index (χ1n) is 13.4. The van der Waals surface area contributed by atoms with Crippen molar-refractivity contribution < 1.29 is 23.9 Å². The molecule has 0 unspecified atom stereocenters. The quantitative estimate of drug-likeness (QED) is 0.564. The molecule has 8 heteroatoms. The van der Waals surface area contributed by atoms with Gasteiger partial charge in [0.1, 0.15) is 6.04 Å². The number of carbonyl (C=O) groups excluding carboxylic acids is 3. The number of carbonyl (C=O) groups is 3. The van der Waals surface area contributed by atoms with Crippen LogP contribution < -0.4 is 9.47 Å². The van der Waals surface area contributed by atoms with Crippen LogP contribution >= 0.6 is 0 Å². The minimum absolute atomic E-state index is 0.119. The Labute approximate surface area is 217 Å². The maximum atomic E-state index is 13.9. The fraction of sp³-hybridized carbons (Fsp3) is 0.483. The number of amides is 3. The Bertz CT molecular complexity index is 1150. The Morgan fingerprint density at radius 3 is 2.22 bits per heavy atom. The summed E-state index contributed by atoms with van der Waals surface area (Å²) in [4.78, 5) is 46.2. The fourth-order valence-electron chi connectivity index (χ4n) is 6.26. The summed E-state index contributed by atoms with van der Waals surface area (Å²) in [7, 11) is 0. The molecule has 1 aliphatic carbocycles. The molecule has 0 spiro atoms. The van der Waals surface area contributed by atoms with Crippen molar-refractivity contribution in [1.29, 1.82) is 0 Å². The van der Waals surface area contributed by atoms with Gasteiger partial charge >= 0.3 is 0 Å². The highest BCUT2D eigenvalue weighted by Gasteiger charge is 2.52.